The van der Waals surface area contributed by atoms with Gasteiger partial charge in [-0.25, -0.2) is 4.79 Å². The molecule has 0 saturated carbocycles. The first-order valence-electron chi connectivity index (χ1n) is 5.66. The zero-order valence-corrected chi connectivity index (χ0v) is 11.6. The molecule has 1 aromatic carbocycles. The standard InChI is InChI=1S/C12H15ClN2O4/c1-4-14(12(2,3)11(16)17)10-7-8(13)5-6-9(10)15(18)19/h5-7H,4H2,1-3H3,(H,16,17). The van der Waals surface area contributed by atoms with E-state index in [0.29, 0.717) is 11.6 Å². The molecular weight excluding hydrogens is 272 g/mol. The van der Waals surface area contributed by atoms with Crippen molar-refractivity contribution in [2.45, 2.75) is 26.3 Å². The van der Waals surface area contributed by atoms with Crippen LogP contribution in [0.2, 0.25) is 5.02 Å². The monoisotopic (exact) mass is 286 g/mol. The van der Waals surface area contributed by atoms with Crippen LogP contribution in [0.3, 0.4) is 0 Å². The van der Waals surface area contributed by atoms with Crippen LogP contribution in [0, 0.1) is 10.1 Å². The lowest BCUT2D eigenvalue weighted by Crippen LogP contribution is -2.50. The molecule has 6 nitrogen and oxygen atoms in total. The molecule has 0 saturated heterocycles. The molecule has 1 N–H and O–H groups in total. The Morgan fingerprint density at radius 3 is 2.53 bits per heavy atom. The van der Waals surface area contributed by atoms with E-state index in [2.05, 4.69) is 0 Å². The molecule has 0 aliphatic heterocycles. The number of hydrogen-bond donors (Lipinski definition) is 1. The van der Waals surface area contributed by atoms with E-state index >= 15 is 0 Å². The zero-order chi connectivity index (χ0) is 14.8. The van der Waals surface area contributed by atoms with Gasteiger partial charge in [0.1, 0.15) is 11.2 Å². The molecule has 0 unspecified atom stereocenters. The van der Waals surface area contributed by atoms with Crippen molar-refractivity contribution in [2.24, 2.45) is 0 Å². The lowest BCUT2D eigenvalue weighted by molar-refractivity contribution is -0.384. The van der Waals surface area contributed by atoms with Crippen LogP contribution >= 0.6 is 11.6 Å². The zero-order valence-electron chi connectivity index (χ0n) is 10.9. The highest BCUT2D eigenvalue weighted by molar-refractivity contribution is 6.31. The number of anilines is 1. The van der Waals surface area contributed by atoms with E-state index in [9.17, 15) is 20.0 Å². The van der Waals surface area contributed by atoms with E-state index in [4.69, 9.17) is 11.6 Å². The minimum absolute atomic E-state index is 0.166. The quantitative estimate of drug-likeness (QED) is 0.664. The summed E-state index contributed by atoms with van der Waals surface area (Å²) in [7, 11) is 0. The molecule has 0 amide bonds. The summed E-state index contributed by atoms with van der Waals surface area (Å²) in [6.45, 7) is 5.02. The Morgan fingerprint density at radius 2 is 2.11 bits per heavy atom. The molecule has 1 rings (SSSR count). The summed E-state index contributed by atoms with van der Waals surface area (Å²) in [5, 5.41) is 20.6. The molecule has 0 aliphatic rings. The topological polar surface area (TPSA) is 83.7 Å². The van der Waals surface area contributed by atoms with Gasteiger partial charge in [-0.05, 0) is 32.9 Å². The summed E-state index contributed by atoms with van der Waals surface area (Å²) in [5.74, 6) is -1.07. The molecule has 0 aliphatic carbocycles. The largest absolute Gasteiger partial charge is 0.480 e. The third-order valence-electron chi connectivity index (χ3n) is 2.94. The number of nitro groups is 1. The van der Waals surface area contributed by atoms with Gasteiger partial charge in [0.25, 0.3) is 5.69 Å². The summed E-state index contributed by atoms with van der Waals surface area (Å²) < 4.78 is 0. The van der Waals surface area contributed by atoms with Crippen molar-refractivity contribution in [1.29, 1.82) is 0 Å². The molecule has 7 heteroatoms. The Morgan fingerprint density at radius 1 is 1.53 bits per heavy atom. The summed E-state index contributed by atoms with van der Waals surface area (Å²) >= 11 is 5.86. The van der Waals surface area contributed by atoms with Crippen LogP contribution in [-0.4, -0.2) is 28.1 Å². The fraction of sp³-hybridized carbons (Fsp3) is 0.417. The molecule has 0 radical (unpaired) electrons. The third-order valence-corrected chi connectivity index (χ3v) is 3.17. The van der Waals surface area contributed by atoms with Crippen molar-refractivity contribution in [3.05, 3.63) is 33.3 Å². The summed E-state index contributed by atoms with van der Waals surface area (Å²) in [4.78, 5) is 23.2. The number of carboxylic acid groups (broad SMARTS) is 1. The van der Waals surface area contributed by atoms with Gasteiger partial charge in [-0.1, -0.05) is 11.6 Å². The number of rotatable bonds is 5. The molecule has 104 valence electrons. The van der Waals surface area contributed by atoms with Gasteiger partial charge in [0, 0.05) is 17.6 Å². The van der Waals surface area contributed by atoms with Crippen LogP contribution in [0.4, 0.5) is 11.4 Å². The van der Waals surface area contributed by atoms with Crippen molar-refractivity contribution in [3.8, 4) is 0 Å². The molecule has 0 bridgehead atoms. The first-order valence-corrected chi connectivity index (χ1v) is 6.04. The van der Waals surface area contributed by atoms with Gasteiger partial charge in [0.05, 0.1) is 4.92 Å². The van der Waals surface area contributed by atoms with E-state index in [-0.39, 0.29) is 11.4 Å². The minimum atomic E-state index is -1.27. The van der Waals surface area contributed by atoms with Crippen molar-refractivity contribution in [3.63, 3.8) is 0 Å². The van der Waals surface area contributed by atoms with Crippen LogP contribution in [0.1, 0.15) is 20.8 Å². The highest BCUT2D eigenvalue weighted by Crippen LogP contribution is 2.35. The molecule has 0 atom stereocenters. The number of nitrogens with zero attached hydrogens (tertiary/aromatic N) is 2. The Hall–Kier alpha value is -1.82. The highest BCUT2D eigenvalue weighted by atomic mass is 35.5. The smallest absolute Gasteiger partial charge is 0.328 e. The Balaban J connectivity index is 3.44. The van der Waals surface area contributed by atoms with E-state index in [1.165, 1.54) is 36.9 Å². The normalized spacial score (nSPS) is 11.2. The minimum Gasteiger partial charge on any atom is -0.480 e. The van der Waals surface area contributed by atoms with Crippen molar-refractivity contribution < 1.29 is 14.8 Å². The number of halogens is 1. The molecule has 0 heterocycles. The molecule has 1 aromatic rings. The van der Waals surface area contributed by atoms with E-state index in [1.807, 2.05) is 0 Å². The number of likely N-dealkylation sites (N-methyl/N-ethyl adjacent to an activating group) is 1. The van der Waals surface area contributed by atoms with E-state index in [0.717, 1.165) is 0 Å². The van der Waals surface area contributed by atoms with Gasteiger partial charge >= 0.3 is 5.97 Å². The molecule has 0 spiro atoms. The first-order chi connectivity index (χ1) is 8.71. The molecule has 0 fully saturated rings. The van der Waals surface area contributed by atoms with Crippen molar-refractivity contribution in [1.82, 2.24) is 0 Å². The maximum absolute atomic E-state index is 11.3. The molecular formula is C12H15ClN2O4. The first kappa shape index (κ1) is 15.2. The number of nitro benzene ring substituents is 1. The predicted molar refractivity (Wildman–Crippen MR) is 72.8 cm³/mol. The van der Waals surface area contributed by atoms with Crippen molar-refractivity contribution >= 4 is 28.9 Å². The maximum Gasteiger partial charge on any atom is 0.328 e. The van der Waals surface area contributed by atoms with Crippen LogP contribution < -0.4 is 4.90 Å². The predicted octanol–water partition coefficient (Wildman–Crippen LogP) is 2.94. The maximum atomic E-state index is 11.3. The number of aliphatic carboxylic acids is 1. The van der Waals surface area contributed by atoms with Crippen LogP contribution in [0.15, 0.2) is 18.2 Å². The second-order valence-corrected chi connectivity index (χ2v) is 4.94. The van der Waals surface area contributed by atoms with Gasteiger partial charge in [0.2, 0.25) is 0 Å². The molecule has 0 aromatic heterocycles. The fourth-order valence-corrected chi connectivity index (χ4v) is 2.02. The number of carbonyl (C=O) groups is 1. The van der Waals surface area contributed by atoms with Crippen LogP contribution in [0.25, 0.3) is 0 Å². The van der Waals surface area contributed by atoms with Gasteiger partial charge in [-0.2, -0.15) is 0 Å². The van der Waals surface area contributed by atoms with Gasteiger partial charge in [0.15, 0.2) is 0 Å². The van der Waals surface area contributed by atoms with Gasteiger partial charge < -0.3 is 10.0 Å². The summed E-state index contributed by atoms with van der Waals surface area (Å²) in [5.41, 5.74) is -1.24. The van der Waals surface area contributed by atoms with Gasteiger partial charge in [-0.3, -0.25) is 10.1 Å². The fourth-order valence-electron chi connectivity index (χ4n) is 1.85. The number of hydrogen-bond acceptors (Lipinski definition) is 4. The second-order valence-electron chi connectivity index (χ2n) is 4.50. The Labute approximate surface area is 115 Å². The Bertz CT molecular complexity index is 516. The molecule has 19 heavy (non-hydrogen) atoms. The van der Waals surface area contributed by atoms with Gasteiger partial charge in [-0.15, -0.1) is 0 Å². The van der Waals surface area contributed by atoms with Crippen LogP contribution in [0.5, 0.6) is 0 Å². The third kappa shape index (κ3) is 2.96. The second kappa shape index (κ2) is 5.44. The highest BCUT2D eigenvalue weighted by Gasteiger charge is 2.36. The average Bonchev–Trinajstić information content (AvgIpc) is 2.28. The number of carboxylic acids is 1. The Kier molecular flexibility index (Phi) is 4.36. The van der Waals surface area contributed by atoms with E-state index < -0.39 is 16.4 Å². The summed E-state index contributed by atoms with van der Waals surface area (Å²) in [6.07, 6.45) is 0. The summed E-state index contributed by atoms with van der Waals surface area (Å²) in [6, 6.07) is 4.09. The number of benzene rings is 1. The van der Waals surface area contributed by atoms with E-state index in [1.54, 1.807) is 6.92 Å². The SMILES string of the molecule is CCN(c1cc(Cl)ccc1[N+](=O)[O-])C(C)(C)C(=O)O. The lowest BCUT2D eigenvalue weighted by atomic mass is 10.0. The average molecular weight is 287 g/mol. The van der Waals surface area contributed by atoms with Crippen LogP contribution in [-0.2, 0) is 4.79 Å². The lowest BCUT2D eigenvalue weighted by Gasteiger charge is -2.35. The van der Waals surface area contributed by atoms with Crippen molar-refractivity contribution in [2.75, 3.05) is 11.4 Å².